The lowest BCUT2D eigenvalue weighted by Crippen LogP contribution is -2.16. The third-order valence-electron chi connectivity index (χ3n) is 4.06. The van der Waals surface area contributed by atoms with Crippen molar-refractivity contribution in [2.24, 2.45) is 5.73 Å². The van der Waals surface area contributed by atoms with Gasteiger partial charge >= 0.3 is 0 Å². The first kappa shape index (κ1) is 19.6. The van der Waals surface area contributed by atoms with E-state index >= 15 is 0 Å². The monoisotopic (exact) mass is 375 g/mol. The fraction of sp³-hybridized carbons (Fsp3) is 0.263. The highest BCUT2D eigenvalue weighted by molar-refractivity contribution is 5.93. The average molecular weight is 376 g/mol. The maximum Gasteiger partial charge on any atom is 0.248 e. The van der Waals surface area contributed by atoms with Gasteiger partial charge in [0.2, 0.25) is 11.8 Å². The lowest BCUT2D eigenvalue weighted by Gasteiger charge is -2.18. The van der Waals surface area contributed by atoms with Gasteiger partial charge in [0.05, 0.1) is 13.0 Å². The van der Waals surface area contributed by atoms with Crippen molar-refractivity contribution in [3.8, 4) is 5.75 Å². The number of halogens is 1. The Kier molecular flexibility index (Phi) is 6.86. The van der Waals surface area contributed by atoms with Gasteiger partial charge in [-0.1, -0.05) is 0 Å². The molecular weight excluding hydrogens is 354 g/mol. The van der Waals surface area contributed by atoms with Crippen LogP contribution >= 0.6 is 12.4 Å². The number of aryl methyl sites for hydroxylation is 1. The van der Waals surface area contributed by atoms with Gasteiger partial charge in [0, 0.05) is 23.5 Å². The van der Waals surface area contributed by atoms with Gasteiger partial charge in [0.1, 0.15) is 5.75 Å². The minimum Gasteiger partial charge on any atom is -0.493 e. The molecule has 1 aliphatic heterocycles. The van der Waals surface area contributed by atoms with E-state index in [1.807, 2.05) is 18.2 Å². The molecule has 0 fully saturated rings. The Labute approximate surface area is 158 Å². The largest absolute Gasteiger partial charge is 0.493 e. The SMILES string of the molecule is Cl.NC(=O)c1ccc(OCCC(=O)Nc2ccc3c(c2)CCCN3)cc1. The van der Waals surface area contributed by atoms with Gasteiger partial charge in [-0.3, -0.25) is 9.59 Å². The molecule has 1 heterocycles. The lowest BCUT2D eigenvalue weighted by atomic mass is 10.0. The van der Waals surface area contributed by atoms with Crippen molar-refractivity contribution < 1.29 is 14.3 Å². The molecule has 3 rings (SSSR count). The van der Waals surface area contributed by atoms with Crippen molar-refractivity contribution in [2.45, 2.75) is 19.3 Å². The van der Waals surface area contributed by atoms with Crippen LogP contribution in [0.5, 0.6) is 5.75 Å². The summed E-state index contributed by atoms with van der Waals surface area (Å²) in [7, 11) is 0. The summed E-state index contributed by atoms with van der Waals surface area (Å²) in [5, 5.41) is 6.24. The second-order valence-corrected chi connectivity index (χ2v) is 5.94. The van der Waals surface area contributed by atoms with Crippen LogP contribution in [-0.2, 0) is 11.2 Å². The molecule has 0 atom stereocenters. The van der Waals surface area contributed by atoms with E-state index in [0.29, 0.717) is 11.3 Å². The number of hydrogen-bond donors (Lipinski definition) is 3. The summed E-state index contributed by atoms with van der Waals surface area (Å²) in [6.45, 7) is 1.25. The summed E-state index contributed by atoms with van der Waals surface area (Å²) in [6, 6.07) is 12.4. The number of amides is 2. The van der Waals surface area contributed by atoms with E-state index in [0.717, 1.165) is 30.8 Å². The summed E-state index contributed by atoms with van der Waals surface area (Å²) in [5.74, 6) is 0.0151. The van der Waals surface area contributed by atoms with Gasteiger partial charge in [0.25, 0.3) is 0 Å². The minimum atomic E-state index is -0.480. The van der Waals surface area contributed by atoms with Crippen molar-refractivity contribution >= 4 is 35.6 Å². The number of rotatable bonds is 6. The van der Waals surface area contributed by atoms with Crippen LogP contribution in [0.1, 0.15) is 28.8 Å². The number of ether oxygens (including phenoxy) is 1. The molecule has 0 bridgehead atoms. The Bertz CT molecular complexity index is 778. The van der Waals surface area contributed by atoms with Crippen molar-refractivity contribution in [2.75, 3.05) is 23.8 Å². The van der Waals surface area contributed by atoms with E-state index in [2.05, 4.69) is 10.6 Å². The number of primary amides is 1. The summed E-state index contributed by atoms with van der Waals surface area (Å²) >= 11 is 0. The first-order valence-electron chi connectivity index (χ1n) is 8.31. The summed E-state index contributed by atoms with van der Waals surface area (Å²) in [5.41, 5.74) is 8.79. The van der Waals surface area contributed by atoms with Gasteiger partial charge in [-0.15, -0.1) is 12.4 Å². The summed E-state index contributed by atoms with van der Waals surface area (Å²) in [6.07, 6.45) is 2.37. The predicted octanol–water partition coefficient (Wildman–Crippen LogP) is 2.97. The summed E-state index contributed by atoms with van der Waals surface area (Å²) in [4.78, 5) is 23.0. The Morgan fingerprint density at radius 2 is 1.92 bits per heavy atom. The molecule has 0 saturated heterocycles. The van der Waals surface area contributed by atoms with Crippen molar-refractivity contribution in [1.29, 1.82) is 0 Å². The van der Waals surface area contributed by atoms with Crippen molar-refractivity contribution in [1.82, 2.24) is 0 Å². The van der Waals surface area contributed by atoms with Crippen molar-refractivity contribution in [3.63, 3.8) is 0 Å². The molecule has 26 heavy (non-hydrogen) atoms. The molecule has 0 radical (unpaired) electrons. The van der Waals surface area contributed by atoms with Crippen LogP contribution in [0, 0.1) is 0 Å². The highest BCUT2D eigenvalue weighted by Gasteiger charge is 2.10. The standard InChI is InChI=1S/C19H21N3O3.ClH/c20-19(24)13-3-6-16(7-4-13)25-11-9-18(23)22-15-5-8-17-14(12-15)2-1-10-21-17;/h3-8,12,21H,1-2,9-11H2,(H2,20,24)(H,22,23);1H. The number of carbonyl (C=O) groups excluding carboxylic acids is 2. The number of nitrogens with two attached hydrogens (primary N) is 1. The zero-order valence-corrected chi connectivity index (χ0v) is 15.1. The van der Waals surface area contributed by atoms with E-state index in [4.69, 9.17) is 10.5 Å². The Hall–Kier alpha value is -2.73. The zero-order valence-electron chi connectivity index (χ0n) is 14.3. The van der Waals surface area contributed by atoms with Gasteiger partial charge in [-0.25, -0.2) is 0 Å². The fourth-order valence-electron chi connectivity index (χ4n) is 2.75. The van der Waals surface area contributed by atoms with Crippen LogP contribution in [0.15, 0.2) is 42.5 Å². The van der Waals surface area contributed by atoms with Crippen LogP contribution in [0.25, 0.3) is 0 Å². The second-order valence-electron chi connectivity index (χ2n) is 5.94. The topological polar surface area (TPSA) is 93.5 Å². The second kappa shape index (κ2) is 9.10. The molecule has 1 aliphatic rings. The molecule has 0 spiro atoms. The molecule has 0 aliphatic carbocycles. The molecule has 2 amide bonds. The molecule has 6 nitrogen and oxygen atoms in total. The summed E-state index contributed by atoms with van der Waals surface area (Å²) < 4.78 is 5.52. The molecule has 2 aromatic carbocycles. The van der Waals surface area contributed by atoms with Crippen LogP contribution < -0.4 is 21.1 Å². The Morgan fingerprint density at radius 3 is 2.65 bits per heavy atom. The van der Waals surface area contributed by atoms with Gasteiger partial charge in [0.15, 0.2) is 0 Å². The predicted molar refractivity (Wildman–Crippen MR) is 104 cm³/mol. The maximum absolute atomic E-state index is 12.0. The fourth-order valence-corrected chi connectivity index (χ4v) is 2.75. The molecule has 2 aromatic rings. The molecule has 4 N–H and O–H groups in total. The van der Waals surface area contributed by atoms with E-state index in [-0.39, 0.29) is 31.3 Å². The zero-order chi connectivity index (χ0) is 17.6. The molecular formula is C19H22ClN3O3. The normalized spacial score (nSPS) is 12.2. The highest BCUT2D eigenvalue weighted by atomic mass is 35.5. The lowest BCUT2D eigenvalue weighted by molar-refractivity contribution is -0.116. The quantitative estimate of drug-likeness (QED) is 0.723. The minimum absolute atomic E-state index is 0. The molecule has 0 unspecified atom stereocenters. The van der Waals surface area contributed by atoms with E-state index in [1.54, 1.807) is 24.3 Å². The number of nitrogens with one attached hydrogen (secondary N) is 2. The third-order valence-corrected chi connectivity index (χ3v) is 4.06. The third kappa shape index (κ3) is 5.13. The smallest absolute Gasteiger partial charge is 0.248 e. The Balaban J connectivity index is 0.00000243. The number of fused-ring (bicyclic) bond motifs is 1. The van der Waals surface area contributed by atoms with Crippen LogP contribution in [0.3, 0.4) is 0 Å². The number of benzene rings is 2. The van der Waals surface area contributed by atoms with Gasteiger partial charge in [-0.2, -0.15) is 0 Å². The average Bonchev–Trinajstić information content (AvgIpc) is 2.62. The highest BCUT2D eigenvalue weighted by Crippen LogP contribution is 2.25. The first-order valence-corrected chi connectivity index (χ1v) is 8.31. The molecule has 0 saturated carbocycles. The molecule has 7 heteroatoms. The van der Waals surface area contributed by atoms with Crippen LogP contribution in [-0.4, -0.2) is 25.0 Å². The Morgan fingerprint density at radius 1 is 1.15 bits per heavy atom. The number of anilines is 2. The number of hydrogen-bond acceptors (Lipinski definition) is 4. The van der Waals surface area contributed by atoms with Gasteiger partial charge in [-0.05, 0) is 60.9 Å². The van der Waals surface area contributed by atoms with Gasteiger partial charge < -0.3 is 21.1 Å². The number of carbonyl (C=O) groups is 2. The van der Waals surface area contributed by atoms with E-state index in [1.165, 1.54) is 5.56 Å². The van der Waals surface area contributed by atoms with E-state index in [9.17, 15) is 9.59 Å². The molecule has 0 aromatic heterocycles. The first-order chi connectivity index (χ1) is 12.1. The molecule has 138 valence electrons. The maximum atomic E-state index is 12.0. The van der Waals surface area contributed by atoms with Crippen LogP contribution in [0.4, 0.5) is 11.4 Å². The van der Waals surface area contributed by atoms with E-state index < -0.39 is 5.91 Å². The van der Waals surface area contributed by atoms with Crippen molar-refractivity contribution in [3.05, 3.63) is 53.6 Å². The van der Waals surface area contributed by atoms with Crippen LogP contribution in [0.2, 0.25) is 0 Å².